The van der Waals surface area contributed by atoms with Crippen molar-refractivity contribution in [1.29, 1.82) is 0 Å². The summed E-state index contributed by atoms with van der Waals surface area (Å²) in [6.45, 7) is 3.39. The summed E-state index contributed by atoms with van der Waals surface area (Å²) < 4.78 is 5.37. The molecule has 0 N–H and O–H groups in total. The molecule has 4 rings (SSSR count). The zero-order chi connectivity index (χ0) is 18.6. The molecule has 8 heteroatoms. The summed E-state index contributed by atoms with van der Waals surface area (Å²) in [6, 6.07) is 10.9. The van der Waals surface area contributed by atoms with Gasteiger partial charge in [-0.05, 0) is 36.4 Å². The molecule has 1 saturated heterocycles. The summed E-state index contributed by atoms with van der Waals surface area (Å²) in [7, 11) is 0. The van der Waals surface area contributed by atoms with Gasteiger partial charge >= 0.3 is 0 Å². The summed E-state index contributed by atoms with van der Waals surface area (Å²) in [5, 5.41) is 4.70. The highest BCUT2D eigenvalue weighted by Crippen LogP contribution is 2.19. The lowest BCUT2D eigenvalue weighted by molar-refractivity contribution is 0.0614. The largest absolute Gasteiger partial charge is 0.338 e. The Labute approximate surface area is 161 Å². The molecule has 1 aliphatic heterocycles. The molecule has 0 aliphatic carbocycles. The molecule has 1 amide bonds. The van der Waals surface area contributed by atoms with E-state index in [9.17, 15) is 4.79 Å². The van der Waals surface area contributed by atoms with Gasteiger partial charge in [-0.15, -0.1) is 0 Å². The maximum atomic E-state index is 12.5. The van der Waals surface area contributed by atoms with Gasteiger partial charge in [0.05, 0.1) is 12.1 Å². The van der Waals surface area contributed by atoms with E-state index < -0.39 is 0 Å². The van der Waals surface area contributed by atoms with Crippen LogP contribution < -0.4 is 0 Å². The van der Waals surface area contributed by atoms with Gasteiger partial charge in [-0.2, -0.15) is 4.98 Å². The molecular weight excluding hydrogens is 366 g/mol. The minimum atomic E-state index is 0.0190. The molecule has 27 heavy (non-hydrogen) atoms. The second-order valence-corrected chi connectivity index (χ2v) is 6.77. The minimum Gasteiger partial charge on any atom is -0.338 e. The predicted octanol–water partition coefficient (Wildman–Crippen LogP) is 2.74. The van der Waals surface area contributed by atoms with Crippen LogP contribution in [0.2, 0.25) is 5.02 Å². The van der Waals surface area contributed by atoms with Gasteiger partial charge in [0, 0.05) is 49.2 Å². The monoisotopic (exact) mass is 383 g/mol. The van der Waals surface area contributed by atoms with Crippen molar-refractivity contribution >= 4 is 17.5 Å². The Bertz CT molecular complexity index is 905. The molecular formula is C19H18ClN5O2. The normalized spacial score (nSPS) is 15.1. The number of piperazine rings is 1. The van der Waals surface area contributed by atoms with Crippen molar-refractivity contribution in [2.45, 2.75) is 6.54 Å². The van der Waals surface area contributed by atoms with Crippen molar-refractivity contribution in [3.63, 3.8) is 0 Å². The van der Waals surface area contributed by atoms with Gasteiger partial charge in [0.1, 0.15) is 0 Å². The third-order valence-corrected chi connectivity index (χ3v) is 4.75. The van der Waals surface area contributed by atoms with E-state index in [0.717, 1.165) is 18.7 Å². The molecule has 0 atom stereocenters. The summed E-state index contributed by atoms with van der Waals surface area (Å²) in [5.74, 6) is 1.13. The first-order valence-corrected chi connectivity index (χ1v) is 9.07. The number of carbonyl (C=O) groups is 1. The second-order valence-electron chi connectivity index (χ2n) is 6.33. The van der Waals surface area contributed by atoms with Crippen LogP contribution in [-0.4, -0.2) is 57.0 Å². The molecule has 0 spiro atoms. The van der Waals surface area contributed by atoms with Gasteiger partial charge in [-0.1, -0.05) is 16.8 Å². The first-order valence-electron chi connectivity index (χ1n) is 8.69. The average Bonchev–Trinajstić information content (AvgIpc) is 3.18. The number of amides is 1. The number of pyridine rings is 1. The Hall–Kier alpha value is -2.77. The minimum absolute atomic E-state index is 0.0190. The van der Waals surface area contributed by atoms with Gasteiger partial charge < -0.3 is 9.42 Å². The molecule has 3 heterocycles. The number of halogens is 1. The smallest absolute Gasteiger partial charge is 0.255 e. The Kier molecular flexibility index (Phi) is 5.13. The standard InChI is InChI=1S/C19H18ClN5O2/c20-16-5-3-14(4-6-16)18-22-17(27-23-18)13-24-8-10-25(11-9-24)19(26)15-2-1-7-21-12-15/h1-7,12H,8-11,13H2. The zero-order valence-electron chi connectivity index (χ0n) is 14.6. The molecule has 1 aliphatic rings. The lowest BCUT2D eigenvalue weighted by Gasteiger charge is -2.33. The summed E-state index contributed by atoms with van der Waals surface area (Å²) in [6.07, 6.45) is 3.27. The third-order valence-electron chi connectivity index (χ3n) is 4.50. The number of aromatic nitrogens is 3. The predicted molar refractivity (Wildman–Crippen MR) is 100 cm³/mol. The molecule has 0 radical (unpaired) electrons. The highest BCUT2D eigenvalue weighted by Gasteiger charge is 2.23. The van der Waals surface area contributed by atoms with Crippen molar-refractivity contribution in [3.8, 4) is 11.4 Å². The van der Waals surface area contributed by atoms with Gasteiger partial charge in [-0.25, -0.2) is 0 Å². The Morgan fingerprint density at radius 2 is 1.89 bits per heavy atom. The number of carbonyl (C=O) groups excluding carboxylic acids is 1. The number of benzene rings is 1. The van der Waals surface area contributed by atoms with Crippen molar-refractivity contribution in [2.75, 3.05) is 26.2 Å². The SMILES string of the molecule is O=C(c1cccnc1)N1CCN(Cc2nc(-c3ccc(Cl)cc3)no2)CC1. The summed E-state index contributed by atoms with van der Waals surface area (Å²) in [5.41, 5.74) is 1.48. The van der Waals surface area contributed by atoms with Crippen LogP contribution in [0.15, 0.2) is 53.3 Å². The van der Waals surface area contributed by atoms with E-state index >= 15 is 0 Å². The van der Waals surface area contributed by atoms with Crippen LogP contribution >= 0.6 is 11.6 Å². The van der Waals surface area contributed by atoms with E-state index in [4.69, 9.17) is 16.1 Å². The molecule has 2 aromatic heterocycles. The van der Waals surface area contributed by atoms with E-state index in [2.05, 4.69) is 20.0 Å². The molecule has 7 nitrogen and oxygen atoms in total. The quantitative estimate of drug-likeness (QED) is 0.689. The molecule has 0 saturated carbocycles. The van der Waals surface area contributed by atoms with Crippen molar-refractivity contribution in [2.24, 2.45) is 0 Å². The van der Waals surface area contributed by atoms with Crippen LogP contribution in [0.5, 0.6) is 0 Å². The van der Waals surface area contributed by atoms with Crippen LogP contribution in [-0.2, 0) is 6.54 Å². The Balaban J connectivity index is 1.33. The summed E-state index contributed by atoms with van der Waals surface area (Å²) >= 11 is 5.90. The van der Waals surface area contributed by atoms with Gasteiger partial charge in [0.25, 0.3) is 5.91 Å². The van der Waals surface area contributed by atoms with Gasteiger partial charge in [0.15, 0.2) is 0 Å². The molecule has 0 unspecified atom stereocenters. The second kappa shape index (κ2) is 7.85. The van der Waals surface area contributed by atoms with Crippen LogP contribution in [0, 0.1) is 0 Å². The Morgan fingerprint density at radius 3 is 2.59 bits per heavy atom. The van der Waals surface area contributed by atoms with Crippen molar-refractivity contribution < 1.29 is 9.32 Å². The first kappa shape index (κ1) is 17.6. The van der Waals surface area contributed by atoms with E-state index in [1.165, 1.54) is 0 Å². The molecule has 1 aromatic carbocycles. The fourth-order valence-electron chi connectivity index (χ4n) is 3.01. The number of rotatable bonds is 4. The fourth-order valence-corrected chi connectivity index (χ4v) is 3.13. The molecule has 1 fully saturated rings. The van der Waals surface area contributed by atoms with Crippen LogP contribution in [0.1, 0.15) is 16.2 Å². The molecule has 138 valence electrons. The van der Waals surface area contributed by atoms with Crippen LogP contribution in [0.3, 0.4) is 0 Å². The highest BCUT2D eigenvalue weighted by atomic mass is 35.5. The highest BCUT2D eigenvalue weighted by molar-refractivity contribution is 6.30. The lowest BCUT2D eigenvalue weighted by Crippen LogP contribution is -2.48. The molecule has 0 bridgehead atoms. The topological polar surface area (TPSA) is 75.4 Å². The third kappa shape index (κ3) is 4.15. The average molecular weight is 384 g/mol. The van der Waals surface area contributed by atoms with Crippen molar-refractivity contribution in [1.82, 2.24) is 24.9 Å². The number of hydrogen-bond acceptors (Lipinski definition) is 6. The van der Waals surface area contributed by atoms with Gasteiger partial charge in [0.2, 0.25) is 11.7 Å². The van der Waals surface area contributed by atoms with E-state index in [-0.39, 0.29) is 5.91 Å². The lowest BCUT2D eigenvalue weighted by atomic mass is 10.2. The maximum absolute atomic E-state index is 12.5. The van der Waals surface area contributed by atoms with E-state index in [0.29, 0.717) is 41.9 Å². The zero-order valence-corrected chi connectivity index (χ0v) is 15.3. The van der Waals surface area contributed by atoms with Gasteiger partial charge in [-0.3, -0.25) is 14.7 Å². The Morgan fingerprint density at radius 1 is 1.11 bits per heavy atom. The van der Waals surface area contributed by atoms with E-state index in [1.807, 2.05) is 17.0 Å². The van der Waals surface area contributed by atoms with Crippen LogP contribution in [0.4, 0.5) is 0 Å². The van der Waals surface area contributed by atoms with E-state index in [1.54, 1.807) is 36.7 Å². The van der Waals surface area contributed by atoms with Crippen molar-refractivity contribution in [3.05, 3.63) is 65.3 Å². The fraction of sp³-hybridized carbons (Fsp3) is 0.263. The number of hydrogen-bond donors (Lipinski definition) is 0. The maximum Gasteiger partial charge on any atom is 0.255 e. The first-order chi connectivity index (χ1) is 13.2. The van der Waals surface area contributed by atoms with Crippen LogP contribution in [0.25, 0.3) is 11.4 Å². The summed E-state index contributed by atoms with van der Waals surface area (Å²) in [4.78, 5) is 25.0. The molecule has 3 aromatic rings. The number of nitrogens with zero attached hydrogens (tertiary/aromatic N) is 5.